The van der Waals surface area contributed by atoms with E-state index in [1.165, 1.54) is 11.6 Å². The van der Waals surface area contributed by atoms with Crippen molar-refractivity contribution < 1.29 is 18.3 Å². The highest BCUT2D eigenvalue weighted by molar-refractivity contribution is 5.94. The van der Waals surface area contributed by atoms with Crippen LogP contribution < -0.4 is 0 Å². The van der Waals surface area contributed by atoms with Crippen LogP contribution in [-0.4, -0.2) is 12.1 Å². The molecule has 0 aromatic heterocycles. The topological polar surface area (TPSA) is 26.3 Å². The third-order valence-electron chi connectivity index (χ3n) is 5.91. The SMILES string of the molecule is CCc1ccc(C(C)c2ccc(-c3ccc4c(c3F)C(=O)OC(C)C4)cc2F)cc1. The van der Waals surface area contributed by atoms with Crippen LogP contribution in [0.15, 0.2) is 54.6 Å². The standard InChI is InChI=1S/C26H24F2O2/c1-4-17-5-7-18(8-6-17)16(3)21-11-9-19(14-23(21)27)22-12-10-20-13-15(2)30-26(29)24(20)25(22)28/h5-12,14-16H,4,13H2,1-3H3. The number of aryl methyl sites for hydroxylation is 1. The monoisotopic (exact) mass is 406 g/mol. The van der Waals surface area contributed by atoms with Crippen molar-refractivity contribution in [3.8, 4) is 11.1 Å². The summed E-state index contributed by atoms with van der Waals surface area (Å²) in [6.45, 7) is 5.82. The van der Waals surface area contributed by atoms with Crippen molar-refractivity contribution in [2.75, 3.05) is 0 Å². The smallest absolute Gasteiger partial charge is 0.341 e. The first-order valence-corrected chi connectivity index (χ1v) is 10.3. The molecule has 154 valence electrons. The van der Waals surface area contributed by atoms with Gasteiger partial charge in [0.15, 0.2) is 0 Å². The van der Waals surface area contributed by atoms with E-state index in [1.54, 1.807) is 31.2 Å². The number of halogens is 2. The molecule has 0 bridgehead atoms. The molecule has 1 aliphatic heterocycles. The van der Waals surface area contributed by atoms with Crippen molar-refractivity contribution in [1.82, 2.24) is 0 Å². The van der Waals surface area contributed by atoms with Crippen molar-refractivity contribution >= 4 is 5.97 Å². The maximum Gasteiger partial charge on any atom is 0.341 e. The van der Waals surface area contributed by atoms with Crippen LogP contribution in [0.2, 0.25) is 0 Å². The summed E-state index contributed by atoms with van der Waals surface area (Å²) in [5.41, 5.74) is 3.99. The fourth-order valence-corrected chi connectivity index (χ4v) is 4.09. The fraction of sp³-hybridized carbons (Fsp3) is 0.269. The van der Waals surface area contributed by atoms with Gasteiger partial charge in [-0.3, -0.25) is 0 Å². The Morgan fingerprint density at radius 3 is 2.47 bits per heavy atom. The van der Waals surface area contributed by atoms with Gasteiger partial charge in [0, 0.05) is 17.9 Å². The Bertz CT molecular complexity index is 1100. The molecule has 0 fully saturated rings. The summed E-state index contributed by atoms with van der Waals surface area (Å²) >= 11 is 0. The number of carbonyl (C=O) groups excluding carboxylic acids is 1. The largest absolute Gasteiger partial charge is 0.459 e. The lowest BCUT2D eigenvalue weighted by Gasteiger charge is -2.23. The van der Waals surface area contributed by atoms with E-state index in [0.717, 1.165) is 12.0 Å². The molecule has 3 aromatic rings. The van der Waals surface area contributed by atoms with Crippen LogP contribution in [0, 0.1) is 11.6 Å². The molecule has 0 aliphatic carbocycles. The van der Waals surface area contributed by atoms with Crippen molar-refractivity contribution in [3.63, 3.8) is 0 Å². The first-order chi connectivity index (χ1) is 14.4. The van der Waals surface area contributed by atoms with Crippen LogP contribution in [-0.2, 0) is 17.6 Å². The summed E-state index contributed by atoms with van der Waals surface area (Å²) in [5.74, 6) is -1.84. The molecule has 30 heavy (non-hydrogen) atoms. The summed E-state index contributed by atoms with van der Waals surface area (Å²) in [6.07, 6.45) is 1.15. The van der Waals surface area contributed by atoms with Gasteiger partial charge in [0.05, 0.1) is 5.56 Å². The number of esters is 1. The number of benzene rings is 3. The molecule has 2 unspecified atom stereocenters. The minimum atomic E-state index is -0.663. The Hall–Kier alpha value is -3.01. The quantitative estimate of drug-likeness (QED) is 0.466. The highest BCUT2D eigenvalue weighted by Crippen LogP contribution is 2.34. The molecule has 4 heteroatoms. The molecule has 0 saturated carbocycles. The molecule has 2 atom stereocenters. The molecule has 2 nitrogen and oxygen atoms in total. The fourth-order valence-electron chi connectivity index (χ4n) is 4.09. The van der Waals surface area contributed by atoms with E-state index < -0.39 is 17.6 Å². The number of rotatable bonds is 4. The molecule has 0 radical (unpaired) electrons. The molecule has 1 heterocycles. The van der Waals surface area contributed by atoms with Crippen molar-refractivity contribution in [2.45, 2.75) is 45.6 Å². The first-order valence-electron chi connectivity index (χ1n) is 10.3. The Morgan fingerprint density at radius 2 is 1.80 bits per heavy atom. The van der Waals surface area contributed by atoms with E-state index >= 15 is 8.78 Å². The van der Waals surface area contributed by atoms with Gasteiger partial charge in [-0.1, -0.05) is 62.4 Å². The Morgan fingerprint density at radius 1 is 1.07 bits per heavy atom. The predicted octanol–water partition coefficient (Wildman–Crippen LogP) is 6.45. The number of hydrogen-bond acceptors (Lipinski definition) is 2. The van der Waals surface area contributed by atoms with E-state index in [-0.39, 0.29) is 23.1 Å². The zero-order chi connectivity index (χ0) is 21.4. The Balaban J connectivity index is 1.68. The lowest BCUT2D eigenvalue weighted by molar-refractivity contribution is 0.0294. The third kappa shape index (κ3) is 3.62. The van der Waals surface area contributed by atoms with Crippen molar-refractivity contribution in [3.05, 3.63) is 94.0 Å². The van der Waals surface area contributed by atoms with Crippen molar-refractivity contribution in [1.29, 1.82) is 0 Å². The summed E-state index contributed by atoms with van der Waals surface area (Å²) in [7, 11) is 0. The molecular weight excluding hydrogens is 382 g/mol. The van der Waals surface area contributed by atoms with E-state index in [9.17, 15) is 4.79 Å². The van der Waals surface area contributed by atoms with Gasteiger partial charge >= 0.3 is 5.97 Å². The van der Waals surface area contributed by atoms with Crippen LogP contribution in [0.4, 0.5) is 8.78 Å². The van der Waals surface area contributed by atoms with Crippen LogP contribution in [0.3, 0.4) is 0 Å². The van der Waals surface area contributed by atoms with Gasteiger partial charge in [-0.25, -0.2) is 13.6 Å². The highest BCUT2D eigenvalue weighted by atomic mass is 19.1. The zero-order valence-electron chi connectivity index (χ0n) is 17.3. The number of cyclic esters (lactones) is 1. The van der Waals surface area contributed by atoms with E-state index in [1.807, 2.05) is 19.1 Å². The average molecular weight is 406 g/mol. The molecule has 0 amide bonds. The van der Waals surface area contributed by atoms with Gasteiger partial charge in [-0.15, -0.1) is 0 Å². The molecule has 1 aliphatic rings. The van der Waals surface area contributed by atoms with Gasteiger partial charge in [-0.2, -0.15) is 0 Å². The molecular formula is C26H24F2O2. The van der Waals surface area contributed by atoms with E-state index in [2.05, 4.69) is 19.1 Å². The normalized spacial score (nSPS) is 16.7. The lowest BCUT2D eigenvalue weighted by atomic mass is 9.89. The molecule has 0 spiro atoms. The molecule has 3 aromatic carbocycles. The number of carbonyl (C=O) groups is 1. The second-order valence-corrected chi connectivity index (χ2v) is 7.93. The summed E-state index contributed by atoms with van der Waals surface area (Å²) in [5, 5.41) is 0. The predicted molar refractivity (Wildman–Crippen MR) is 114 cm³/mol. The molecule has 4 rings (SSSR count). The minimum absolute atomic E-state index is 0.0422. The van der Waals surface area contributed by atoms with Gasteiger partial charge in [0.1, 0.15) is 17.7 Å². The average Bonchev–Trinajstić information content (AvgIpc) is 2.73. The minimum Gasteiger partial charge on any atom is -0.459 e. The van der Waals surface area contributed by atoms with E-state index in [4.69, 9.17) is 4.74 Å². The van der Waals surface area contributed by atoms with E-state index in [0.29, 0.717) is 23.1 Å². The zero-order valence-corrected chi connectivity index (χ0v) is 17.3. The number of ether oxygens (including phenoxy) is 1. The van der Waals surface area contributed by atoms with Crippen molar-refractivity contribution in [2.24, 2.45) is 0 Å². The van der Waals surface area contributed by atoms with Gasteiger partial charge in [0.2, 0.25) is 0 Å². The lowest BCUT2D eigenvalue weighted by Crippen LogP contribution is -2.26. The van der Waals surface area contributed by atoms with Crippen LogP contribution in [0.25, 0.3) is 11.1 Å². The maximum atomic E-state index is 15.1. The second-order valence-electron chi connectivity index (χ2n) is 7.93. The number of fused-ring (bicyclic) bond motifs is 1. The number of hydrogen-bond donors (Lipinski definition) is 0. The molecule has 0 saturated heterocycles. The Kier molecular flexibility index (Phi) is 5.42. The molecule has 0 N–H and O–H groups in total. The van der Waals surface area contributed by atoms with Crippen LogP contribution >= 0.6 is 0 Å². The van der Waals surface area contributed by atoms with Gasteiger partial charge in [-0.05, 0) is 47.2 Å². The van der Waals surface area contributed by atoms with Crippen LogP contribution in [0.1, 0.15) is 59.3 Å². The van der Waals surface area contributed by atoms with Gasteiger partial charge in [0.25, 0.3) is 0 Å². The summed E-state index contributed by atoms with van der Waals surface area (Å²) in [4.78, 5) is 12.2. The first kappa shape index (κ1) is 20.3. The highest BCUT2D eigenvalue weighted by Gasteiger charge is 2.29. The van der Waals surface area contributed by atoms with Crippen LogP contribution in [0.5, 0.6) is 0 Å². The third-order valence-corrected chi connectivity index (χ3v) is 5.91. The maximum absolute atomic E-state index is 15.1. The Labute approximate surface area is 175 Å². The van der Waals surface area contributed by atoms with Gasteiger partial charge < -0.3 is 4.74 Å². The summed E-state index contributed by atoms with van der Waals surface area (Å²) in [6, 6.07) is 16.2. The second kappa shape index (κ2) is 8.02. The summed E-state index contributed by atoms with van der Waals surface area (Å²) < 4.78 is 35.3.